The van der Waals surface area contributed by atoms with E-state index in [0.29, 0.717) is 19.8 Å². The van der Waals surface area contributed by atoms with E-state index in [9.17, 15) is 4.79 Å². The van der Waals surface area contributed by atoms with Crippen molar-refractivity contribution in [3.8, 4) is 11.5 Å². The zero-order chi connectivity index (χ0) is 20.3. The molecular weight excluding hydrogens is 376 g/mol. The number of benzene rings is 2. The third-order valence-corrected chi connectivity index (χ3v) is 6.57. The highest BCUT2D eigenvalue weighted by atomic mass is 16.5. The van der Waals surface area contributed by atoms with Gasteiger partial charge in [0.1, 0.15) is 0 Å². The van der Waals surface area contributed by atoms with E-state index >= 15 is 0 Å². The molecule has 0 aromatic heterocycles. The van der Waals surface area contributed by atoms with Crippen molar-refractivity contribution in [3.63, 3.8) is 0 Å². The van der Waals surface area contributed by atoms with Crippen LogP contribution in [0.3, 0.4) is 0 Å². The van der Waals surface area contributed by atoms with Crippen LogP contribution in [0.2, 0.25) is 0 Å². The van der Waals surface area contributed by atoms with Crippen LogP contribution in [0.1, 0.15) is 60.9 Å². The SMILES string of the molecule is O=C(CN1CCC[C@@H]1c1ccc2c(c1)OCCCO2)N[C@@H]1CCCc2ccccc21. The van der Waals surface area contributed by atoms with Gasteiger partial charge in [-0.05, 0) is 67.5 Å². The second-order valence-corrected chi connectivity index (χ2v) is 8.60. The van der Waals surface area contributed by atoms with Gasteiger partial charge in [0.2, 0.25) is 5.91 Å². The minimum atomic E-state index is 0.123. The molecule has 2 aromatic carbocycles. The van der Waals surface area contributed by atoms with Gasteiger partial charge in [-0.2, -0.15) is 0 Å². The molecule has 5 nitrogen and oxygen atoms in total. The number of carbonyl (C=O) groups excluding carboxylic acids is 1. The first kappa shape index (κ1) is 19.4. The Kier molecular flexibility index (Phi) is 5.63. The smallest absolute Gasteiger partial charge is 0.234 e. The Bertz CT molecular complexity index is 913. The van der Waals surface area contributed by atoms with E-state index in [1.807, 2.05) is 6.07 Å². The molecule has 2 aromatic rings. The topological polar surface area (TPSA) is 50.8 Å². The van der Waals surface area contributed by atoms with Crippen LogP contribution < -0.4 is 14.8 Å². The zero-order valence-electron chi connectivity index (χ0n) is 17.4. The molecule has 2 atom stereocenters. The Morgan fingerprint density at radius 2 is 1.87 bits per heavy atom. The predicted octanol–water partition coefficient (Wildman–Crippen LogP) is 4.18. The second-order valence-electron chi connectivity index (χ2n) is 8.60. The predicted molar refractivity (Wildman–Crippen MR) is 116 cm³/mol. The summed E-state index contributed by atoms with van der Waals surface area (Å²) in [6, 6.07) is 15.2. The lowest BCUT2D eigenvalue weighted by Crippen LogP contribution is -2.39. The fourth-order valence-electron chi connectivity index (χ4n) is 5.11. The summed E-state index contributed by atoms with van der Waals surface area (Å²) in [5.41, 5.74) is 3.88. The van der Waals surface area contributed by atoms with Gasteiger partial charge in [0.05, 0.1) is 25.8 Å². The number of hydrogen-bond acceptors (Lipinski definition) is 4. The summed E-state index contributed by atoms with van der Waals surface area (Å²) in [4.78, 5) is 15.2. The summed E-state index contributed by atoms with van der Waals surface area (Å²) in [6.07, 6.45) is 6.35. The molecule has 30 heavy (non-hydrogen) atoms. The first-order valence-corrected chi connectivity index (χ1v) is 11.3. The maximum Gasteiger partial charge on any atom is 0.234 e. The standard InChI is InChI=1S/C25H30N2O3/c28-25(26-21-9-3-7-18-6-1-2-8-20(18)21)17-27-13-4-10-22(27)19-11-12-23-24(16-19)30-15-5-14-29-23/h1-2,6,8,11-12,16,21-22H,3-5,7,9-10,13-15,17H2,(H,26,28)/t21-,22-/m1/s1. The van der Waals surface area contributed by atoms with Crippen LogP contribution in [-0.4, -0.2) is 37.1 Å². The van der Waals surface area contributed by atoms with E-state index in [0.717, 1.165) is 56.6 Å². The first-order valence-electron chi connectivity index (χ1n) is 11.3. The molecule has 2 aliphatic heterocycles. The average molecular weight is 407 g/mol. The third-order valence-electron chi connectivity index (χ3n) is 6.57. The van der Waals surface area contributed by atoms with Crippen LogP contribution in [0.4, 0.5) is 0 Å². The van der Waals surface area contributed by atoms with Crippen molar-refractivity contribution in [2.75, 3.05) is 26.3 Å². The van der Waals surface area contributed by atoms with E-state index in [4.69, 9.17) is 9.47 Å². The summed E-state index contributed by atoms with van der Waals surface area (Å²) in [5.74, 6) is 1.78. The van der Waals surface area contributed by atoms with Crippen LogP contribution in [0.25, 0.3) is 0 Å². The number of amides is 1. The zero-order valence-corrected chi connectivity index (χ0v) is 17.4. The molecular formula is C25H30N2O3. The van der Waals surface area contributed by atoms with Gasteiger partial charge in [0.25, 0.3) is 0 Å². The van der Waals surface area contributed by atoms with Gasteiger partial charge in [-0.25, -0.2) is 0 Å². The lowest BCUT2D eigenvalue weighted by atomic mass is 9.88. The lowest BCUT2D eigenvalue weighted by molar-refractivity contribution is -0.123. The Morgan fingerprint density at radius 1 is 1.00 bits per heavy atom. The number of ether oxygens (including phenoxy) is 2. The molecule has 0 bridgehead atoms. The number of likely N-dealkylation sites (tertiary alicyclic amines) is 1. The van der Waals surface area contributed by atoms with Crippen molar-refractivity contribution in [2.24, 2.45) is 0 Å². The molecule has 0 spiro atoms. The van der Waals surface area contributed by atoms with Crippen LogP contribution in [0.5, 0.6) is 11.5 Å². The van der Waals surface area contributed by atoms with E-state index < -0.39 is 0 Å². The number of rotatable bonds is 4. The van der Waals surface area contributed by atoms with E-state index in [-0.39, 0.29) is 18.0 Å². The molecule has 1 amide bonds. The first-order chi connectivity index (χ1) is 14.8. The molecule has 158 valence electrons. The molecule has 1 N–H and O–H groups in total. The number of nitrogens with one attached hydrogen (secondary N) is 1. The van der Waals surface area contributed by atoms with Gasteiger partial charge in [0, 0.05) is 12.5 Å². The number of carbonyl (C=O) groups is 1. The van der Waals surface area contributed by atoms with Crippen molar-refractivity contribution in [1.29, 1.82) is 0 Å². The van der Waals surface area contributed by atoms with E-state index in [2.05, 4.69) is 46.6 Å². The van der Waals surface area contributed by atoms with Crippen LogP contribution in [-0.2, 0) is 11.2 Å². The quantitative estimate of drug-likeness (QED) is 0.828. The summed E-state index contributed by atoms with van der Waals surface area (Å²) < 4.78 is 11.6. The molecule has 1 fully saturated rings. The Balaban J connectivity index is 1.26. The lowest BCUT2D eigenvalue weighted by Gasteiger charge is -2.29. The fraction of sp³-hybridized carbons (Fsp3) is 0.480. The third kappa shape index (κ3) is 4.04. The summed E-state index contributed by atoms with van der Waals surface area (Å²) >= 11 is 0. The Morgan fingerprint density at radius 3 is 2.80 bits per heavy atom. The van der Waals surface area contributed by atoms with E-state index in [1.165, 1.54) is 16.7 Å². The minimum Gasteiger partial charge on any atom is -0.490 e. The highest BCUT2D eigenvalue weighted by Crippen LogP contribution is 2.38. The van der Waals surface area contributed by atoms with Crippen LogP contribution >= 0.6 is 0 Å². The molecule has 5 rings (SSSR count). The summed E-state index contributed by atoms with van der Waals surface area (Å²) in [5, 5.41) is 3.31. The number of hydrogen-bond donors (Lipinski definition) is 1. The summed E-state index contributed by atoms with van der Waals surface area (Å²) in [7, 11) is 0. The van der Waals surface area contributed by atoms with Crippen molar-refractivity contribution >= 4 is 5.91 Å². The average Bonchev–Trinajstić information content (AvgIpc) is 3.09. The van der Waals surface area contributed by atoms with Crippen LogP contribution in [0, 0.1) is 0 Å². The maximum absolute atomic E-state index is 12.9. The normalized spacial score (nSPS) is 23.5. The summed E-state index contributed by atoms with van der Waals surface area (Å²) in [6.45, 7) is 2.79. The number of aryl methyl sites for hydroxylation is 1. The molecule has 1 aliphatic carbocycles. The Labute approximate surface area is 178 Å². The highest BCUT2D eigenvalue weighted by molar-refractivity contribution is 5.78. The molecule has 0 unspecified atom stereocenters. The second kappa shape index (κ2) is 8.68. The minimum absolute atomic E-state index is 0.123. The van der Waals surface area contributed by atoms with Crippen molar-refractivity contribution < 1.29 is 14.3 Å². The molecule has 5 heteroatoms. The van der Waals surface area contributed by atoms with Gasteiger partial charge >= 0.3 is 0 Å². The van der Waals surface area contributed by atoms with Gasteiger partial charge in [-0.1, -0.05) is 30.3 Å². The largest absolute Gasteiger partial charge is 0.490 e. The molecule has 2 heterocycles. The maximum atomic E-state index is 12.9. The van der Waals surface area contributed by atoms with Gasteiger partial charge in [0.15, 0.2) is 11.5 Å². The Hall–Kier alpha value is -2.53. The molecule has 1 saturated heterocycles. The van der Waals surface area contributed by atoms with E-state index in [1.54, 1.807) is 0 Å². The van der Waals surface area contributed by atoms with Crippen LogP contribution in [0.15, 0.2) is 42.5 Å². The van der Waals surface area contributed by atoms with Gasteiger partial charge < -0.3 is 14.8 Å². The number of nitrogens with zero attached hydrogens (tertiary/aromatic N) is 1. The van der Waals surface area contributed by atoms with Gasteiger partial charge in [-0.3, -0.25) is 9.69 Å². The van der Waals surface area contributed by atoms with Crippen molar-refractivity contribution in [1.82, 2.24) is 10.2 Å². The molecule has 0 radical (unpaired) electrons. The molecule has 0 saturated carbocycles. The van der Waals surface area contributed by atoms with Crippen molar-refractivity contribution in [2.45, 2.75) is 50.6 Å². The van der Waals surface area contributed by atoms with Gasteiger partial charge in [-0.15, -0.1) is 0 Å². The van der Waals surface area contributed by atoms with Crippen molar-refractivity contribution in [3.05, 3.63) is 59.2 Å². The highest BCUT2D eigenvalue weighted by Gasteiger charge is 2.30. The number of fused-ring (bicyclic) bond motifs is 2. The molecule has 3 aliphatic rings. The fourth-order valence-corrected chi connectivity index (χ4v) is 5.11. The monoisotopic (exact) mass is 406 g/mol.